The first-order chi connectivity index (χ1) is 37.7. The van der Waals surface area contributed by atoms with Gasteiger partial charge in [0.25, 0.3) is 0 Å². The Morgan fingerprint density at radius 2 is 0.831 bits per heavy atom. The normalized spacial score (nSPS) is 14.5. The Kier molecular flexibility index (Phi) is 9.15. The van der Waals surface area contributed by atoms with E-state index in [1.165, 1.54) is 99.3 Å². The maximum Gasteiger partial charge on any atom is 0.159 e. The van der Waals surface area contributed by atoms with Crippen molar-refractivity contribution in [1.29, 1.82) is 0 Å². The molecular weight excluding hydrogens is 933 g/mol. The Hall–Kier alpha value is -9.44. The molecule has 0 radical (unpaired) electrons. The maximum atomic E-state index is 7.15. The number of anilines is 6. The summed E-state index contributed by atoms with van der Waals surface area (Å²) in [6.07, 6.45) is 0. The first-order valence-corrected chi connectivity index (χ1v) is 27.0. The molecule has 0 unspecified atom stereocenters. The number of hydrogen-bond donors (Lipinski definition) is 0. The van der Waals surface area contributed by atoms with Gasteiger partial charge in [-0.2, -0.15) is 0 Å². The van der Waals surface area contributed by atoms with Crippen LogP contribution in [-0.2, 0) is 10.8 Å². The van der Waals surface area contributed by atoms with E-state index in [9.17, 15) is 0 Å². The van der Waals surface area contributed by atoms with Crippen LogP contribution >= 0.6 is 0 Å². The van der Waals surface area contributed by atoms with Gasteiger partial charge in [-0.15, -0.1) is 0 Å². The van der Waals surface area contributed by atoms with Gasteiger partial charge in [0.15, 0.2) is 11.5 Å². The minimum atomic E-state index is -0.237. The fourth-order valence-corrected chi connectivity index (χ4v) is 13.7. The van der Waals surface area contributed by atoms with Crippen LogP contribution in [0.5, 0.6) is 11.5 Å². The highest BCUT2D eigenvalue weighted by Gasteiger charge is 2.39. The van der Waals surface area contributed by atoms with Gasteiger partial charge in [0.1, 0.15) is 0 Å². The SMILES string of the molecule is CC1(C)c2ccccc2-c2ccc(N3c4ccc(-c5ccc6c(c5)N(c5ccc(-c7ccc8ccc9c(-c%10ccccc%10)ccc%10ccc7c8c%109)cc5)c5ccccc5C6(C)C)cc4Oc4c3ccc3ccccc43)cc21. The van der Waals surface area contributed by atoms with Crippen molar-refractivity contribution in [3.63, 3.8) is 0 Å². The van der Waals surface area contributed by atoms with Gasteiger partial charge in [-0.05, 0) is 159 Å². The van der Waals surface area contributed by atoms with Gasteiger partial charge in [0.2, 0.25) is 0 Å². The molecule has 77 heavy (non-hydrogen) atoms. The third-order valence-electron chi connectivity index (χ3n) is 17.6. The highest BCUT2D eigenvalue weighted by molar-refractivity contribution is 6.27. The second kappa shape index (κ2) is 16.0. The summed E-state index contributed by atoms with van der Waals surface area (Å²) in [7, 11) is 0. The average molecular weight is 985 g/mol. The summed E-state index contributed by atoms with van der Waals surface area (Å²) in [6, 6.07) is 90.1. The van der Waals surface area contributed by atoms with Gasteiger partial charge < -0.3 is 14.5 Å². The van der Waals surface area contributed by atoms with Crippen molar-refractivity contribution < 1.29 is 4.74 Å². The van der Waals surface area contributed by atoms with Crippen molar-refractivity contribution >= 4 is 77.2 Å². The first kappa shape index (κ1) is 43.9. The lowest BCUT2D eigenvalue weighted by molar-refractivity contribution is 0.483. The molecule has 0 amide bonds. The largest absolute Gasteiger partial charge is 0.452 e. The molecule has 3 aliphatic rings. The van der Waals surface area contributed by atoms with E-state index < -0.39 is 0 Å². The quantitative estimate of drug-likeness (QED) is 0.160. The summed E-state index contributed by atoms with van der Waals surface area (Å²) < 4.78 is 7.15. The minimum Gasteiger partial charge on any atom is -0.452 e. The molecular formula is C74H52N2O. The van der Waals surface area contributed by atoms with Gasteiger partial charge in [-0.3, -0.25) is 0 Å². The molecule has 0 saturated carbocycles. The number of rotatable bonds is 5. The molecule has 3 heteroatoms. The van der Waals surface area contributed by atoms with Crippen molar-refractivity contribution in [3.8, 4) is 56.0 Å². The summed E-state index contributed by atoms with van der Waals surface area (Å²) in [5.74, 6) is 1.70. The average Bonchev–Trinajstić information content (AvgIpc) is 3.74. The van der Waals surface area contributed by atoms with Crippen LogP contribution in [0.1, 0.15) is 49.9 Å². The van der Waals surface area contributed by atoms with Crippen molar-refractivity contribution in [1.82, 2.24) is 0 Å². The zero-order valence-electron chi connectivity index (χ0n) is 43.4. The van der Waals surface area contributed by atoms with Crippen molar-refractivity contribution in [2.45, 2.75) is 38.5 Å². The number of hydrogen-bond acceptors (Lipinski definition) is 3. The van der Waals surface area contributed by atoms with E-state index in [1.807, 2.05) is 0 Å². The van der Waals surface area contributed by atoms with E-state index >= 15 is 0 Å². The third kappa shape index (κ3) is 6.32. The van der Waals surface area contributed by atoms with Crippen LogP contribution in [0, 0.1) is 0 Å². The molecule has 0 atom stereocenters. The predicted molar refractivity (Wildman–Crippen MR) is 323 cm³/mol. The van der Waals surface area contributed by atoms with Crippen molar-refractivity contribution in [2.75, 3.05) is 9.80 Å². The van der Waals surface area contributed by atoms with Gasteiger partial charge in [-0.1, -0.05) is 216 Å². The molecule has 3 nitrogen and oxygen atoms in total. The molecule has 2 heterocycles. The van der Waals surface area contributed by atoms with Gasteiger partial charge in [0, 0.05) is 27.6 Å². The fourth-order valence-electron chi connectivity index (χ4n) is 13.7. The third-order valence-corrected chi connectivity index (χ3v) is 17.6. The lowest BCUT2D eigenvalue weighted by Crippen LogP contribution is -2.30. The summed E-state index contributed by atoms with van der Waals surface area (Å²) in [6.45, 7) is 9.44. The molecule has 2 aliphatic heterocycles. The Morgan fingerprint density at radius 3 is 1.61 bits per heavy atom. The summed E-state index contributed by atoms with van der Waals surface area (Å²) >= 11 is 0. The molecule has 0 bridgehead atoms. The van der Waals surface area contributed by atoms with E-state index in [1.54, 1.807) is 0 Å². The van der Waals surface area contributed by atoms with Crippen LogP contribution in [-0.4, -0.2) is 0 Å². The van der Waals surface area contributed by atoms with Crippen LogP contribution in [0.3, 0.4) is 0 Å². The lowest BCUT2D eigenvalue weighted by Gasteiger charge is -2.42. The zero-order valence-corrected chi connectivity index (χ0v) is 43.4. The highest BCUT2D eigenvalue weighted by Crippen LogP contribution is 2.58. The minimum absolute atomic E-state index is 0.135. The van der Waals surface area contributed by atoms with E-state index in [0.717, 1.165) is 56.1 Å². The predicted octanol–water partition coefficient (Wildman–Crippen LogP) is 20.7. The monoisotopic (exact) mass is 984 g/mol. The molecule has 364 valence electrons. The van der Waals surface area contributed by atoms with Crippen LogP contribution in [0.15, 0.2) is 243 Å². The molecule has 0 saturated heterocycles. The van der Waals surface area contributed by atoms with Crippen LogP contribution in [0.2, 0.25) is 0 Å². The smallest absolute Gasteiger partial charge is 0.159 e. The molecule has 13 aromatic rings. The molecule has 0 spiro atoms. The fraction of sp³-hybridized carbons (Fsp3) is 0.0811. The number of benzene rings is 13. The molecule has 0 fully saturated rings. The Morgan fingerprint density at radius 1 is 0.299 bits per heavy atom. The summed E-state index contributed by atoms with van der Waals surface area (Å²) in [4.78, 5) is 4.89. The first-order valence-electron chi connectivity index (χ1n) is 27.0. The molecule has 13 aromatic carbocycles. The van der Waals surface area contributed by atoms with Gasteiger partial charge in [0.05, 0.1) is 22.7 Å². The van der Waals surface area contributed by atoms with E-state index in [4.69, 9.17) is 4.74 Å². The molecule has 0 aromatic heterocycles. The van der Waals surface area contributed by atoms with Crippen molar-refractivity contribution in [3.05, 3.63) is 265 Å². The second-order valence-corrected chi connectivity index (χ2v) is 22.4. The Bertz CT molecular complexity index is 4600. The topological polar surface area (TPSA) is 15.7 Å². The lowest BCUT2D eigenvalue weighted by atomic mass is 9.73. The molecule has 0 N–H and O–H groups in total. The summed E-state index contributed by atoms with van der Waals surface area (Å²) in [5.41, 5.74) is 21.4. The van der Waals surface area contributed by atoms with Crippen LogP contribution in [0.4, 0.5) is 34.1 Å². The number of ether oxygens (including phenoxy) is 1. The maximum absolute atomic E-state index is 7.15. The number of para-hydroxylation sites is 1. The van der Waals surface area contributed by atoms with Crippen LogP contribution in [0.25, 0.3) is 87.6 Å². The van der Waals surface area contributed by atoms with E-state index in [2.05, 4.69) is 280 Å². The highest BCUT2D eigenvalue weighted by atomic mass is 16.5. The molecule has 16 rings (SSSR count). The second-order valence-electron chi connectivity index (χ2n) is 22.4. The summed E-state index contributed by atoms with van der Waals surface area (Å²) in [5, 5.41) is 9.99. The Labute approximate surface area is 448 Å². The molecule has 1 aliphatic carbocycles. The van der Waals surface area contributed by atoms with Crippen molar-refractivity contribution in [2.24, 2.45) is 0 Å². The Balaban J connectivity index is 0.807. The van der Waals surface area contributed by atoms with Gasteiger partial charge >= 0.3 is 0 Å². The van der Waals surface area contributed by atoms with Gasteiger partial charge in [-0.25, -0.2) is 0 Å². The number of fused-ring (bicyclic) bond motifs is 9. The standard InChI is InChI=1S/C74H52N2O/c1-73(2)61-19-11-10-18-57(61)58-38-33-53(44-64(58)73)76-66-40-30-51(43-69(66)77-72-56-17-9-8-16-46(56)29-41-67(72)76)50-28-39-63-68(42-50)75(65-21-13-12-20-62(65)74(63,3)4)52-31-22-47(23-32-52)55-35-25-49-26-36-59-54(45-14-6-5-7-15-45)34-24-48-27-37-60(55)71(49)70(48)59/h5-44H,1-4H3. The van der Waals surface area contributed by atoms with Crippen LogP contribution < -0.4 is 14.5 Å². The van der Waals surface area contributed by atoms with E-state index in [-0.39, 0.29) is 10.8 Å². The number of nitrogens with zero attached hydrogens (tertiary/aromatic N) is 2. The van der Waals surface area contributed by atoms with E-state index in [0.29, 0.717) is 0 Å². The zero-order chi connectivity index (χ0) is 51.3.